The zero-order chi connectivity index (χ0) is 21.7. The van der Waals surface area contributed by atoms with Gasteiger partial charge in [0.25, 0.3) is 11.8 Å². The Hall–Kier alpha value is -2.74. The molecule has 0 radical (unpaired) electrons. The highest BCUT2D eigenvalue weighted by Crippen LogP contribution is 2.22. The smallest absolute Gasteiger partial charge is 0.322 e. The standard InChI is InChI=1S/C12H13NO2.C5H12O.C3H5NO3/c1-2-3-8-13-11(14)9-6-4-5-7-10(9)12(13)15;1-5(2,3)6-4;5-2-4-1-3(6)7/h4-7H,2-3,8H2,1H3;1-4H3;2H,1H2,(H,4,5)(H,6,7). The van der Waals surface area contributed by atoms with Crippen LogP contribution in [0.25, 0.3) is 0 Å². The van der Waals surface area contributed by atoms with Crippen LogP contribution in [0.2, 0.25) is 0 Å². The van der Waals surface area contributed by atoms with Gasteiger partial charge in [0, 0.05) is 13.7 Å². The first-order valence-corrected chi connectivity index (χ1v) is 8.98. The molecular formula is C20H30N2O6. The van der Waals surface area contributed by atoms with Gasteiger partial charge in [0.05, 0.1) is 16.7 Å². The van der Waals surface area contributed by atoms with Crippen molar-refractivity contribution >= 4 is 24.2 Å². The Morgan fingerprint density at radius 1 is 1.18 bits per heavy atom. The summed E-state index contributed by atoms with van der Waals surface area (Å²) in [5, 5.41) is 9.79. The topological polar surface area (TPSA) is 113 Å². The number of methoxy groups -OCH3 is 1. The zero-order valence-corrected chi connectivity index (χ0v) is 17.2. The van der Waals surface area contributed by atoms with Gasteiger partial charge in [-0.3, -0.25) is 24.1 Å². The highest BCUT2D eigenvalue weighted by atomic mass is 16.5. The van der Waals surface area contributed by atoms with Gasteiger partial charge in [-0.1, -0.05) is 25.5 Å². The number of nitrogens with one attached hydrogen (secondary N) is 1. The maximum Gasteiger partial charge on any atom is 0.322 e. The number of aliphatic carboxylic acids is 1. The number of hydrogen-bond acceptors (Lipinski definition) is 5. The molecule has 1 aromatic carbocycles. The highest BCUT2D eigenvalue weighted by Gasteiger charge is 2.34. The van der Waals surface area contributed by atoms with Crippen LogP contribution in [0, 0.1) is 0 Å². The van der Waals surface area contributed by atoms with E-state index in [-0.39, 0.29) is 24.0 Å². The number of carboxylic acid groups (broad SMARTS) is 1. The molecule has 2 rings (SSSR count). The average molecular weight is 394 g/mol. The van der Waals surface area contributed by atoms with Crippen LogP contribution in [0.15, 0.2) is 24.3 Å². The van der Waals surface area contributed by atoms with Gasteiger partial charge >= 0.3 is 5.97 Å². The molecule has 8 nitrogen and oxygen atoms in total. The second-order valence-corrected chi connectivity index (χ2v) is 6.87. The molecule has 8 heteroatoms. The lowest BCUT2D eigenvalue weighted by molar-refractivity contribution is -0.136. The van der Waals surface area contributed by atoms with Gasteiger partial charge in [-0.15, -0.1) is 0 Å². The molecule has 3 amide bonds. The summed E-state index contributed by atoms with van der Waals surface area (Å²) in [6, 6.07) is 6.99. The monoisotopic (exact) mass is 394 g/mol. The van der Waals surface area contributed by atoms with Crippen LogP contribution in [0.5, 0.6) is 0 Å². The number of carbonyl (C=O) groups excluding carboxylic acids is 3. The fourth-order valence-electron chi connectivity index (χ4n) is 1.89. The molecular weight excluding hydrogens is 364 g/mol. The number of carbonyl (C=O) groups is 4. The second-order valence-electron chi connectivity index (χ2n) is 6.87. The number of fused-ring (bicyclic) bond motifs is 1. The molecule has 0 saturated carbocycles. The molecule has 1 aromatic rings. The first-order chi connectivity index (χ1) is 13.1. The van der Waals surface area contributed by atoms with Crippen LogP contribution in [0.3, 0.4) is 0 Å². The summed E-state index contributed by atoms with van der Waals surface area (Å²) < 4.78 is 4.94. The summed E-state index contributed by atoms with van der Waals surface area (Å²) in [4.78, 5) is 43.8. The van der Waals surface area contributed by atoms with Crippen LogP contribution < -0.4 is 5.32 Å². The lowest BCUT2D eigenvalue weighted by Crippen LogP contribution is -2.30. The predicted octanol–water partition coefficient (Wildman–Crippen LogP) is 2.33. The van der Waals surface area contributed by atoms with E-state index in [9.17, 15) is 19.2 Å². The van der Waals surface area contributed by atoms with Gasteiger partial charge in [0.1, 0.15) is 6.54 Å². The number of imide groups is 1. The van der Waals surface area contributed by atoms with Crippen LogP contribution in [-0.4, -0.2) is 60.0 Å². The molecule has 0 fully saturated rings. The Morgan fingerprint density at radius 2 is 1.64 bits per heavy atom. The van der Waals surface area contributed by atoms with Crippen molar-refractivity contribution in [3.63, 3.8) is 0 Å². The largest absolute Gasteiger partial charge is 0.480 e. The molecule has 156 valence electrons. The van der Waals surface area contributed by atoms with Gasteiger partial charge in [-0.2, -0.15) is 0 Å². The third-order valence-electron chi connectivity index (χ3n) is 3.56. The van der Waals surface area contributed by atoms with Crippen molar-refractivity contribution in [2.45, 2.75) is 46.1 Å². The minimum absolute atomic E-state index is 0.0417. The third kappa shape index (κ3) is 9.27. The van der Waals surface area contributed by atoms with Crippen molar-refractivity contribution < 1.29 is 29.0 Å². The number of ether oxygens (including phenoxy) is 1. The van der Waals surface area contributed by atoms with Gasteiger partial charge in [0.15, 0.2) is 0 Å². The van der Waals surface area contributed by atoms with E-state index in [0.29, 0.717) is 24.1 Å². The Labute approximate surface area is 165 Å². The molecule has 0 aliphatic carbocycles. The van der Waals surface area contributed by atoms with Gasteiger partial charge < -0.3 is 15.2 Å². The number of rotatable bonds is 6. The molecule has 0 bridgehead atoms. The number of unbranched alkanes of at least 4 members (excludes halogenated alkanes) is 1. The minimum atomic E-state index is -1.04. The van der Waals surface area contributed by atoms with Crippen molar-refractivity contribution in [1.82, 2.24) is 10.2 Å². The van der Waals surface area contributed by atoms with Crippen molar-refractivity contribution in [3.05, 3.63) is 35.4 Å². The Bertz CT molecular complexity index is 632. The maximum atomic E-state index is 11.8. The zero-order valence-electron chi connectivity index (χ0n) is 17.2. The number of carboxylic acids is 1. The molecule has 0 saturated heterocycles. The van der Waals surface area contributed by atoms with Crippen molar-refractivity contribution in [3.8, 4) is 0 Å². The van der Waals surface area contributed by atoms with Crippen LogP contribution in [0.1, 0.15) is 61.3 Å². The van der Waals surface area contributed by atoms with E-state index in [1.165, 1.54) is 4.90 Å². The first-order valence-electron chi connectivity index (χ1n) is 8.98. The molecule has 1 heterocycles. The third-order valence-corrected chi connectivity index (χ3v) is 3.56. The predicted molar refractivity (Wildman–Crippen MR) is 105 cm³/mol. The van der Waals surface area contributed by atoms with Crippen molar-refractivity contribution in [2.75, 3.05) is 20.2 Å². The molecule has 2 N–H and O–H groups in total. The molecule has 1 aliphatic rings. The van der Waals surface area contributed by atoms with E-state index in [1.807, 2.05) is 33.0 Å². The SMILES string of the molecule is CCCCN1C(=O)c2ccccc2C1=O.COC(C)(C)C.O=CNCC(=O)O. The molecule has 28 heavy (non-hydrogen) atoms. The average Bonchev–Trinajstić information content (AvgIpc) is 2.89. The number of hydrogen-bond donors (Lipinski definition) is 2. The van der Waals surface area contributed by atoms with Gasteiger partial charge in [-0.25, -0.2) is 0 Å². The molecule has 0 aromatic heterocycles. The quantitative estimate of drug-likeness (QED) is 0.566. The normalized spacial score (nSPS) is 12.2. The fourth-order valence-corrected chi connectivity index (χ4v) is 1.89. The second kappa shape index (κ2) is 12.6. The van der Waals surface area contributed by atoms with Gasteiger partial charge in [0.2, 0.25) is 6.41 Å². The summed E-state index contributed by atoms with van der Waals surface area (Å²) in [7, 11) is 1.71. The number of amides is 3. The minimum Gasteiger partial charge on any atom is -0.480 e. The Kier molecular flexibility index (Phi) is 11.4. The van der Waals surface area contributed by atoms with Crippen LogP contribution in [0.4, 0.5) is 0 Å². The van der Waals surface area contributed by atoms with Crippen molar-refractivity contribution in [2.24, 2.45) is 0 Å². The summed E-state index contributed by atoms with van der Waals surface area (Å²) in [6.07, 6.45) is 2.19. The lowest BCUT2D eigenvalue weighted by Gasteiger charge is -2.14. The van der Waals surface area contributed by atoms with Crippen molar-refractivity contribution in [1.29, 1.82) is 0 Å². The summed E-state index contributed by atoms with van der Waals surface area (Å²) >= 11 is 0. The van der Waals surface area contributed by atoms with Crippen LogP contribution >= 0.6 is 0 Å². The van der Waals surface area contributed by atoms with Crippen LogP contribution in [-0.2, 0) is 14.3 Å². The molecule has 0 unspecified atom stereocenters. The fraction of sp³-hybridized carbons (Fsp3) is 0.500. The van der Waals surface area contributed by atoms with E-state index in [1.54, 1.807) is 31.4 Å². The molecule has 1 aliphatic heterocycles. The van der Waals surface area contributed by atoms with E-state index in [0.717, 1.165) is 12.8 Å². The number of benzene rings is 1. The summed E-state index contributed by atoms with van der Waals surface area (Å²) in [5.74, 6) is -1.33. The van der Waals surface area contributed by atoms with E-state index < -0.39 is 5.97 Å². The van der Waals surface area contributed by atoms with E-state index in [4.69, 9.17) is 9.84 Å². The first kappa shape index (κ1) is 25.3. The van der Waals surface area contributed by atoms with E-state index in [2.05, 4.69) is 0 Å². The van der Waals surface area contributed by atoms with Gasteiger partial charge in [-0.05, 0) is 39.3 Å². The summed E-state index contributed by atoms with van der Waals surface area (Å²) in [5.41, 5.74) is 1.12. The maximum absolute atomic E-state index is 11.8. The lowest BCUT2D eigenvalue weighted by atomic mass is 10.1. The number of nitrogens with zero attached hydrogens (tertiary/aromatic N) is 1. The highest BCUT2D eigenvalue weighted by molar-refractivity contribution is 6.21. The molecule has 0 spiro atoms. The summed E-state index contributed by atoms with van der Waals surface area (Å²) in [6.45, 7) is 8.33. The van der Waals surface area contributed by atoms with E-state index >= 15 is 0 Å². The molecule has 0 atom stereocenters. The Balaban J connectivity index is 0.000000471. The Morgan fingerprint density at radius 3 is 1.93 bits per heavy atom.